The third kappa shape index (κ3) is 2.50. The van der Waals surface area contributed by atoms with Crippen LogP contribution < -0.4 is 10.2 Å². The van der Waals surface area contributed by atoms with Crippen LogP contribution in [0.1, 0.15) is 5.56 Å². The fraction of sp³-hybridized carbons (Fsp3) is 0.0714. The van der Waals surface area contributed by atoms with E-state index in [1.807, 2.05) is 35.0 Å². The standard InChI is InChI=1S/C14H11ClN2OS/c15-11-2-1-3-12(7-11)17-9-16-13(14(17)18)6-10-4-5-19-8-10/h1-8,16H,9H2/b13-6-. The predicted octanol–water partition coefficient (Wildman–Crippen LogP) is 3.34. The van der Waals surface area contributed by atoms with Crippen molar-refractivity contribution in [1.82, 2.24) is 5.32 Å². The van der Waals surface area contributed by atoms with Gasteiger partial charge in [0, 0.05) is 10.7 Å². The summed E-state index contributed by atoms with van der Waals surface area (Å²) in [5.41, 5.74) is 2.45. The summed E-state index contributed by atoms with van der Waals surface area (Å²) in [5.74, 6) is -0.0338. The molecule has 0 radical (unpaired) electrons. The zero-order chi connectivity index (χ0) is 13.2. The van der Waals surface area contributed by atoms with E-state index in [0.717, 1.165) is 11.3 Å². The summed E-state index contributed by atoms with van der Waals surface area (Å²) >= 11 is 7.56. The average molecular weight is 291 g/mol. The molecule has 1 saturated heterocycles. The molecule has 1 aliphatic heterocycles. The van der Waals surface area contributed by atoms with Gasteiger partial charge in [-0.3, -0.25) is 9.69 Å². The number of hydrogen-bond donors (Lipinski definition) is 1. The molecule has 1 fully saturated rings. The average Bonchev–Trinajstić information content (AvgIpc) is 3.01. The Balaban J connectivity index is 1.86. The van der Waals surface area contributed by atoms with Gasteiger partial charge < -0.3 is 5.32 Å². The molecule has 3 rings (SSSR count). The zero-order valence-corrected chi connectivity index (χ0v) is 11.5. The molecule has 0 spiro atoms. The summed E-state index contributed by atoms with van der Waals surface area (Å²) in [6, 6.07) is 9.27. The second-order valence-electron chi connectivity index (χ2n) is 4.16. The quantitative estimate of drug-likeness (QED) is 0.861. The van der Waals surface area contributed by atoms with Crippen LogP contribution in [0.15, 0.2) is 46.8 Å². The Kier molecular flexibility index (Phi) is 3.27. The maximum atomic E-state index is 12.3. The first-order valence-electron chi connectivity index (χ1n) is 5.79. The molecule has 2 aromatic rings. The summed E-state index contributed by atoms with van der Waals surface area (Å²) in [6.07, 6.45) is 1.86. The second-order valence-corrected chi connectivity index (χ2v) is 5.38. The van der Waals surface area contributed by atoms with Crippen molar-refractivity contribution < 1.29 is 4.79 Å². The van der Waals surface area contributed by atoms with Gasteiger partial charge in [0.05, 0.1) is 6.67 Å². The Morgan fingerprint density at radius 3 is 3.00 bits per heavy atom. The highest BCUT2D eigenvalue weighted by Crippen LogP contribution is 2.23. The smallest absolute Gasteiger partial charge is 0.275 e. The zero-order valence-electron chi connectivity index (χ0n) is 9.97. The lowest BCUT2D eigenvalue weighted by molar-refractivity contribution is -0.114. The minimum atomic E-state index is -0.0338. The van der Waals surface area contributed by atoms with Gasteiger partial charge in [-0.15, -0.1) is 0 Å². The van der Waals surface area contributed by atoms with Crippen molar-refractivity contribution in [3.8, 4) is 0 Å². The number of benzene rings is 1. The summed E-state index contributed by atoms with van der Waals surface area (Å²) in [4.78, 5) is 14.0. The van der Waals surface area contributed by atoms with Gasteiger partial charge in [0.25, 0.3) is 5.91 Å². The lowest BCUT2D eigenvalue weighted by atomic mass is 10.2. The fourth-order valence-electron chi connectivity index (χ4n) is 1.95. The Labute approximate surface area is 120 Å². The van der Waals surface area contributed by atoms with Gasteiger partial charge in [-0.2, -0.15) is 11.3 Å². The van der Waals surface area contributed by atoms with E-state index >= 15 is 0 Å². The van der Waals surface area contributed by atoms with Crippen molar-refractivity contribution in [2.24, 2.45) is 0 Å². The number of rotatable bonds is 2. The maximum Gasteiger partial charge on any atom is 0.275 e. The van der Waals surface area contributed by atoms with Gasteiger partial charge >= 0.3 is 0 Å². The van der Waals surface area contributed by atoms with Crippen LogP contribution in [0, 0.1) is 0 Å². The highest BCUT2D eigenvalue weighted by atomic mass is 35.5. The fourth-order valence-corrected chi connectivity index (χ4v) is 2.75. The number of carbonyl (C=O) groups excluding carboxylic acids is 1. The van der Waals surface area contributed by atoms with Crippen LogP contribution in [0.2, 0.25) is 5.02 Å². The first-order chi connectivity index (χ1) is 9.24. The summed E-state index contributed by atoms with van der Waals surface area (Å²) in [5, 5.41) is 7.73. The van der Waals surface area contributed by atoms with Crippen LogP contribution in [-0.4, -0.2) is 12.6 Å². The minimum absolute atomic E-state index is 0.0338. The number of nitrogens with one attached hydrogen (secondary N) is 1. The third-order valence-electron chi connectivity index (χ3n) is 2.88. The minimum Gasteiger partial charge on any atom is -0.363 e. The normalized spacial score (nSPS) is 17.0. The van der Waals surface area contributed by atoms with E-state index in [4.69, 9.17) is 11.6 Å². The Hall–Kier alpha value is -1.78. The maximum absolute atomic E-state index is 12.3. The molecular weight excluding hydrogens is 280 g/mol. The number of anilines is 1. The van der Waals surface area contributed by atoms with Gasteiger partial charge in [0.15, 0.2) is 0 Å². The molecule has 96 valence electrons. The summed E-state index contributed by atoms with van der Waals surface area (Å²) < 4.78 is 0. The lowest BCUT2D eigenvalue weighted by Gasteiger charge is -2.13. The van der Waals surface area contributed by atoms with Gasteiger partial charge in [-0.25, -0.2) is 0 Å². The molecule has 3 nitrogen and oxygen atoms in total. The topological polar surface area (TPSA) is 32.3 Å². The summed E-state index contributed by atoms with van der Waals surface area (Å²) in [7, 11) is 0. The van der Waals surface area contributed by atoms with E-state index in [-0.39, 0.29) is 5.91 Å². The van der Waals surface area contributed by atoms with Crippen molar-refractivity contribution >= 4 is 40.6 Å². The molecule has 0 aliphatic carbocycles. The van der Waals surface area contributed by atoms with Crippen molar-refractivity contribution in [1.29, 1.82) is 0 Å². The molecule has 1 amide bonds. The molecule has 0 atom stereocenters. The molecule has 0 bridgehead atoms. The summed E-state index contributed by atoms with van der Waals surface area (Å²) in [6.45, 7) is 0.467. The number of carbonyl (C=O) groups is 1. The lowest BCUT2D eigenvalue weighted by Crippen LogP contribution is -2.25. The van der Waals surface area contributed by atoms with Gasteiger partial charge in [0.1, 0.15) is 5.70 Å². The van der Waals surface area contributed by atoms with Crippen molar-refractivity contribution in [3.63, 3.8) is 0 Å². The van der Waals surface area contributed by atoms with E-state index in [0.29, 0.717) is 17.4 Å². The molecule has 1 aromatic heterocycles. The van der Waals surface area contributed by atoms with E-state index in [1.165, 1.54) is 0 Å². The Bertz CT molecular complexity index is 637. The number of hydrogen-bond acceptors (Lipinski definition) is 3. The molecule has 1 N–H and O–H groups in total. The first-order valence-corrected chi connectivity index (χ1v) is 7.11. The number of halogens is 1. The number of nitrogens with zero attached hydrogens (tertiary/aromatic N) is 1. The highest BCUT2D eigenvalue weighted by molar-refractivity contribution is 7.08. The van der Waals surface area contributed by atoms with Crippen LogP contribution in [0.25, 0.3) is 6.08 Å². The van der Waals surface area contributed by atoms with E-state index < -0.39 is 0 Å². The molecule has 0 unspecified atom stereocenters. The van der Waals surface area contributed by atoms with E-state index in [2.05, 4.69) is 5.32 Å². The molecule has 5 heteroatoms. The van der Waals surface area contributed by atoms with E-state index in [1.54, 1.807) is 28.4 Å². The van der Waals surface area contributed by atoms with Crippen LogP contribution in [0.4, 0.5) is 5.69 Å². The van der Waals surface area contributed by atoms with Gasteiger partial charge in [-0.1, -0.05) is 17.7 Å². The Morgan fingerprint density at radius 1 is 1.37 bits per heavy atom. The van der Waals surface area contributed by atoms with Crippen molar-refractivity contribution in [2.45, 2.75) is 0 Å². The number of thiophene rings is 1. The molecule has 1 aliphatic rings. The molecule has 2 heterocycles. The van der Waals surface area contributed by atoms with Gasteiger partial charge in [-0.05, 0) is 46.7 Å². The van der Waals surface area contributed by atoms with Crippen LogP contribution >= 0.6 is 22.9 Å². The molecule has 0 saturated carbocycles. The van der Waals surface area contributed by atoms with E-state index in [9.17, 15) is 4.79 Å². The number of amides is 1. The third-order valence-corrected chi connectivity index (χ3v) is 3.81. The van der Waals surface area contributed by atoms with Crippen molar-refractivity contribution in [2.75, 3.05) is 11.6 Å². The molecule has 1 aromatic carbocycles. The van der Waals surface area contributed by atoms with Crippen molar-refractivity contribution in [3.05, 3.63) is 57.4 Å². The first kappa shape index (κ1) is 12.3. The van der Waals surface area contributed by atoms with Gasteiger partial charge in [0.2, 0.25) is 0 Å². The molecule has 19 heavy (non-hydrogen) atoms. The van der Waals surface area contributed by atoms with Crippen LogP contribution in [-0.2, 0) is 4.79 Å². The van der Waals surface area contributed by atoms with Crippen LogP contribution in [0.5, 0.6) is 0 Å². The SMILES string of the molecule is O=C1/C(=C/c2ccsc2)NCN1c1cccc(Cl)c1. The monoisotopic (exact) mass is 290 g/mol. The Morgan fingerprint density at radius 2 is 2.26 bits per heavy atom. The second kappa shape index (κ2) is 5.07. The predicted molar refractivity (Wildman–Crippen MR) is 79.2 cm³/mol. The largest absolute Gasteiger partial charge is 0.363 e. The van der Waals surface area contributed by atoms with Crippen LogP contribution in [0.3, 0.4) is 0 Å². The highest BCUT2D eigenvalue weighted by Gasteiger charge is 2.26. The molecular formula is C14H11ClN2OS.